The van der Waals surface area contributed by atoms with Crippen molar-refractivity contribution in [2.24, 2.45) is 0 Å². The molecule has 1 heterocycles. The van der Waals surface area contributed by atoms with Crippen molar-refractivity contribution in [3.05, 3.63) is 41.6 Å². The van der Waals surface area contributed by atoms with Crippen LogP contribution in [0.5, 0.6) is 6.01 Å². The van der Waals surface area contributed by atoms with Gasteiger partial charge in [-0.1, -0.05) is 0 Å². The van der Waals surface area contributed by atoms with Gasteiger partial charge < -0.3 is 10.1 Å². The quantitative estimate of drug-likeness (QED) is 0.935. The molecule has 20 heavy (non-hydrogen) atoms. The molecule has 0 aliphatic heterocycles. The lowest BCUT2D eigenvalue weighted by Gasteiger charge is -2.10. The molecule has 7 heteroatoms. The minimum Gasteiger partial charge on any atom is -0.467 e. The number of halogens is 3. The lowest BCUT2D eigenvalue weighted by molar-refractivity contribution is -0.137. The van der Waals surface area contributed by atoms with Gasteiger partial charge in [0, 0.05) is 17.4 Å². The molecule has 0 bridgehead atoms. The summed E-state index contributed by atoms with van der Waals surface area (Å²) in [4.78, 5) is 8.07. The molecule has 0 saturated heterocycles. The smallest absolute Gasteiger partial charge is 0.416 e. The first kappa shape index (κ1) is 14.1. The third-order valence-electron chi connectivity index (χ3n) is 2.50. The topological polar surface area (TPSA) is 47.0 Å². The maximum absolute atomic E-state index is 12.4. The van der Waals surface area contributed by atoms with Crippen LogP contribution in [0.3, 0.4) is 0 Å². The van der Waals surface area contributed by atoms with E-state index in [1.165, 1.54) is 19.2 Å². The molecule has 1 N–H and O–H groups in total. The van der Waals surface area contributed by atoms with Crippen LogP contribution < -0.4 is 10.1 Å². The standard InChI is InChI=1S/C13H12F3N3O/c1-8-7-11(19-12(17-8)20-2)18-10-5-3-9(4-6-10)13(14,15)16/h3-7H,1-2H3,(H,17,18,19). The zero-order valence-corrected chi connectivity index (χ0v) is 10.8. The second-order valence-electron chi connectivity index (χ2n) is 4.08. The number of anilines is 2. The molecule has 0 spiro atoms. The molecule has 4 nitrogen and oxygen atoms in total. The highest BCUT2D eigenvalue weighted by molar-refractivity contribution is 5.57. The highest BCUT2D eigenvalue weighted by Gasteiger charge is 2.29. The Morgan fingerprint density at radius 1 is 1.10 bits per heavy atom. The highest BCUT2D eigenvalue weighted by Crippen LogP contribution is 2.30. The van der Waals surface area contributed by atoms with Gasteiger partial charge in [-0.05, 0) is 31.2 Å². The predicted molar refractivity (Wildman–Crippen MR) is 68.0 cm³/mol. The van der Waals surface area contributed by atoms with Gasteiger partial charge in [-0.25, -0.2) is 4.98 Å². The fourth-order valence-electron chi connectivity index (χ4n) is 1.59. The monoisotopic (exact) mass is 283 g/mol. The Bertz CT molecular complexity index is 597. The Kier molecular flexibility index (Phi) is 3.78. The molecule has 0 saturated carbocycles. The average molecular weight is 283 g/mol. The van der Waals surface area contributed by atoms with Crippen LogP contribution in [0.2, 0.25) is 0 Å². The lowest BCUT2D eigenvalue weighted by Crippen LogP contribution is -2.04. The van der Waals surface area contributed by atoms with Crippen molar-refractivity contribution in [2.45, 2.75) is 13.1 Å². The van der Waals surface area contributed by atoms with Gasteiger partial charge in [0.2, 0.25) is 0 Å². The van der Waals surface area contributed by atoms with Gasteiger partial charge in [-0.2, -0.15) is 18.2 Å². The molecule has 0 radical (unpaired) electrons. The van der Waals surface area contributed by atoms with E-state index in [0.29, 0.717) is 17.2 Å². The van der Waals surface area contributed by atoms with Crippen molar-refractivity contribution in [1.82, 2.24) is 9.97 Å². The predicted octanol–water partition coefficient (Wildman–Crippen LogP) is 3.56. The Hall–Kier alpha value is -2.31. The first-order chi connectivity index (χ1) is 9.38. The van der Waals surface area contributed by atoms with Crippen LogP contribution in [0.4, 0.5) is 24.7 Å². The minimum atomic E-state index is -4.34. The second-order valence-corrected chi connectivity index (χ2v) is 4.08. The summed E-state index contributed by atoms with van der Waals surface area (Å²) in [5, 5.41) is 2.90. The summed E-state index contributed by atoms with van der Waals surface area (Å²) < 4.78 is 42.2. The highest BCUT2D eigenvalue weighted by atomic mass is 19.4. The molecule has 0 fully saturated rings. The number of aryl methyl sites for hydroxylation is 1. The van der Waals surface area contributed by atoms with Crippen molar-refractivity contribution in [2.75, 3.05) is 12.4 Å². The number of hydrogen-bond donors (Lipinski definition) is 1. The maximum atomic E-state index is 12.4. The molecule has 2 aromatic rings. The molecular weight excluding hydrogens is 271 g/mol. The van der Waals surface area contributed by atoms with Gasteiger partial charge in [0.25, 0.3) is 0 Å². The maximum Gasteiger partial charge on any atom is 0.416 e. The molecular formula is C13H12F3N3O. The lowest BCUT2D eigenvalue weighted by atomic mass is 10.2. The number of rotatable bonds is 3. The van der Waals surface area contributed by atoms with E-state index in [0.717, 1.165) is 12.1 Å². The molecule has 0 aliphatic rings. The molecule has 106 valence electrons. The van der Waals surface area contributed by atoms with Crippen LogP contribution in [0.1, 0.15) is 11.3 Å². The summed E-state index contributed by atoms with van der Waals surface area (Å²) in [5.74, 6) is 0.453. The van der Waals surface area contributed by atoms with Crippen molar-refractivity contribution >= 4 is 11.5 Å². The molecule has 0 atom stereocenters. The fourth-order valence-corrected chi connectivity index (χ4v) is 1.59. The summed E-state index contributed by atoms with van der Waals surface area (Å²) in [7, 11) is 1.44. The van der Waals surface area contributed by atoms with Crippen LogP contribution in [0.25, 0.3) is 0 Å². The zero-order chi connectivity index (χ0) is 14.8. The molecule has 0 aliphatic carbocycles. The first-order valence-electron chi connectivity index (χ1n) is 5.72. The van der Waals surface area contributed by atoms with Crippen molar-refractivity contribution in [3.8, 4) is 6.01 Å². The number of ether oxygens (including phenoxy) is 1. The van der Waals surface area contributed by atoms with Crippen LogP contribution in [-0.2, 0) is 6.18 Å². The number of hydrogen-bond acceptors (Lipinski definition) is 4. The van der Waals surface area contributed by atoms with Gasteiger partial charge in [-0.15, -0.1) is 0 Å². The van der Waals surface area contributed by atoms with Crippen molar-refractivity contribution < 1.29 is 17.9 Å². The Balaban J connectivity index is 2.20. The number of benzene rings is 1. The number of nitrogens with one attached hydrogen (secondary N) is 1. The molecule has 1 aromatic carbocycles. The van der Waals surface area contributed by atoms with E-state index in [2.05, 4.69) is 15.3 Å². The van der Waals surface area contributed by atoms with E-state index >= 15 is 0 Å². The van der Waals surface area contributed by atoms with E-state index in [1.54, 1.807) is 13.0 Å². The molecule has 1 aromatic heterocycles. The number of alkyl halides is 3. The van der Waals surface area contributed by atoms with E-state index in [4.69, 9.17) is 4.74 Å². The summed E-state index contributed by atoms with van der Waals surface area (Å²) in [6, 6.07) is 6.56. The summed E-state index contributed by atoms with van der Waals surface area (Å²) in [5.41, 5.74) is 0.490. The van der Waals surface area contributed by atoms with E-state index < -0.39 is 11.7 Å². The van der Waals surface area contributed by atoms with Crippen LogP contribution in [0, 0.1) is 6.92 Å². The minimum absolute atomic E-state index is 0.194. The first-order valence-corrected chi connectivity index (χ1v) is 5.72. The van der Waals surface area contributed by atoms with Gasteiger partial charge in [-0.3, -0.25) is 0 Å². The largest absolute Gasteiger partial charge is 0.467 e. The number of methoxy groups -OCH3 is 1. The average Bonchev–Trinajstić information content (AvgIpc) is 2.37. The number of aromatic nitrogens is 2. The fraction of sp³-hybridized carbons (Fsp3) is 0.231. The van der Waals surface area contributed by atoms with Gasteiger partial charge in [0.1, 0.15) is 5.82 Å². The Labute approximate surface area is 113 Å². The van der Waals surface area contributed by atoms with Gasteiger partial charge in [0.05, 0.1) is 12.7 Å². The normalized spacial score (nSPS) is 11.2. The summed E-state index contributed by atoms with van der Waals surface area (Å²) in [6.07, 6.45) is -4.34. The second kappa shape index (κ2) is 5.36. The molecule has 0 unspecified atom stereocenters. The molecule has 0 amide bonds. The van der Waals surface area contributed by atoms with Gasteiger partial charge >= 0.3 is 12.2 Å². The van der Waals surface area contributed by atoms with Crippen molar-refractivity contribution in [3.63, 3.8) is 0 Å². The summed E-state index contributed by atoms with van der Waals surface area (Å²) in [6.45, 7) is 1.77. The van der Waals surface area contributed by atoms with E-state index in [9.17, 15) is 13.2 Å². The SMILES string of the molecule is COc1nc(C)cc(Nc2ccc(C(F)(F)F)cc2)n1. The zero-order valence-electron chi connectivity index (χ0n) is 10.8. The Morgan fingerprint density at radius 3 is 2.30 bits per heavy atom. The van der Waals surface area contributed by atoms with Crippen LogP contribution in [-0.4, -0.2) is 17.1 Å². The number of nitrogens with zero attached hydrogens (tertiary/aromatic N) is 2. The molecule has 2 rings (SSSR count). The third-order valence-corrected chi connectivity index (χ3v) is 2.50. The van der Waals surface area contributed by atoms with Crippen LogP contribution in [0.15, 0.2) is 30.3 Å². The van der Waals surface area contributed by atoms with E-state index in [-0.39, 0.29) is 6.01 Å². The van der Waals surface area contributed by atoms with Crippen molar-refractivity contribution in [1.29, 1.82) is 0 Å². The van der Waals surface area contributed by atoms with Gasteiger partial charge in [0.15, 0.2) is 0 Å². The summed E-state index contributed by atoms with van der Waals surface area (Å²) >= 11 is 0. The van der Waals surface area contributed by atoms with Crippen LogP contribution >= 0.6 is 0 Å². The Morgan fingerprint density at radius 2 is 1.75 bits per heavy atom. The third kappa shape index (κ3) is 3.37. The van der Waals surface area contributed by atoms with E-state index in [1.807, 2.05) is 0 Å².